The van der Waals surface area contributed by atoms with Crippen molar-refractivity contribution in [2.45, 2.75) is 52.0 Å². The van der Waals surface area contributed by atoms with Gasteiger partial charge in [-0.2, -0.15) is 0 Å². The van der Waals surface area contributed by atoms with Crippen LogP contribution in [0.1, 0.15) is 45.7 Å². The maximum atomic E-state index is 4.44. The Hall–Kier alpha value is -2.55. The molecule has 0 radical (unpaired) electrons. The summed E-state index contributed by atoms with van der Waals surface area (Å²) in [5.41, 5.74) is 5.14. The van der Waals surface area contributed by atoms with Crippen LogP contribution in [0, 0.1) is 0 Å². The van der Waals surface area contributed by atoms with Crippen LogP contribution in [0.3, 0.4) is 0 Å². The van der Waals surface area contributed by atoms with Gasteiger partial charge in [-0.15, -0.1) is 0 Å². The van der Waals surface area contributed by atoms with E-state index in [1.807, 2.05) is 12.4 Å². The SMILES string of the molecule is CC(C)(C)c1cccc2c1ccn2CC(C)(C)c1ccnc2[nH]ccc12. The predicted octanol–water partition coefficient (Wildman–Crippen LogP) is 5.79. The first-order chi connectivity index (χ1) is 12.3. The molecule has 3 aromatic heterocycles. The molecular weight excluding hydrogens is 318 g/mol. The Morgan fingerprint density at radius 3 is 2.50 bits per heavy atom. The van der Waals surface area contributed by atoms with Crippen LogP contribution in [0.5, 0.6) is 0 Å². The number of nitrogens with one attached hydrogen (secondary N) is 1. The average molecular weight is 345 g/mol. The number of hydrogen-bond donors (Lipinski definition) is 1. The molecule has 0 aliphatic rings. The Morgan fingerprint density at radius 1 is 0.923 bits per heavy atom. The van der Waals surface area contributed by atoms with Crippen LogP contribution >= 0.6 is 0 Å². The van der Waals surface area contributed by atoms with E-state index in [0.29, 0.717) is 0 Å². The summed E-state index contributed by atoms with van der Waals surface area (Å²) < 4.78 is 2.39. The third-order valence-electron chi connectivity index (χ3n) is 5.38. The highest BCUT2D eigenvalue weighted by Crippen LogP contribution is 2.34. The number of nitrogens with zero attached hydrogens (tertiary/aromatic N) is 2. The number of hydrogen-bond acceptors (Lipinski definition) is 1. The highest BCUT2D eigenvalue weighted by atomic mass is 15.0. The second kappa shape index (κ2) is 5.73. The van der Waals surface area contributed by atoms with Crippen molar-refractivity contribution in [1.29, 1.82) is 0 Å². The minimum Gasteiger partial charge on any atom is -0.347 e. The molecule has 1 aromatic carbocycles. The molecule has 26 heavy (non-hydrogen) atoms. The van der Waals surface area contributed by atoms with Gasteiger partial charge in [0.25, 0.3) is 0 Å². The molecule has 0 atom stereocenters. The van der Waals surface area contributed by atoms with E-state index in [4.69, 9.17) is 0 Å². The topological polar surface area (TPSA) is 33.6 Å². The molecular formula is C23H27N3. The van der Waals surface area contributed by atoms with Crippen LogP contribution in [0.25, 0.3) is 21.9 Å². The third kappa shape index (κ3) is 2.72. The molecule has 4 rings (SSSR count). The van der Waals surface area contributed by atoms with Gasteiger partial charge in [0.1, 0.15) is 5.65 Å². The van der Waals surface area contributed by atoms with E-state index in [9.17, 15) is 0 Å². The molecule has 3 heterocycles. The van der Waals surface area contributed by atoms with Crippen LogP contribution < -0.4 is 0 Å². The van der Waals surface area contributed by atoms with E-state index in [1.54, 1.807) is 0 Å². The number of pyridine rings is 1. The second-order valence-electron chi connectivity index (χ2n) is 8.91. The molecule has 134 valence electrons. The lowest BCUT2D eigenvalue weighted by molar-refractivity contribution is 0.446. The van der Waals surface area contributed by atoms with Crippen molar-refractivity contribution in [3.05, 3.63) is 66.1 Å². The van der Waals surface area contributed by atoms with Crippen molar-refractivity contribution >= 4 is 21.9 Å². The summed E-state index contributed by atoms with van der Waals surface area (Å²) in [5.74, 6) is 0. The number of rotatable bonds is 3. The monoisotopic (exact) mass is 345 g/mol. The third-order valence-corrected chi connectivity index (χ3v) is 5.38. The van der Waals surface area contributed by atoms with E-state index >= 15 is 0 Å². The van der Waals surface area contributed by atoms with Crippen LogP contribution in [-0.2, 0) is 17.4 Å². The van der Waals surface area contributed by atoms with Gasteiger partial charge in [0, 0.05) is 46.8 Å². The van der Waals surface area contributed by atoms with Gasteiger partial charge in [-0.3, -0.25) is 0 Å². The number of H-pyrrole nitrogens is 1. The van der Waals surface area contributed by atoms with Gasteiger partial charge in [0.15, 0.2) is 0 Å². The fourth-order valence-electron chi connectivity index (χ4n) is 4.08. The largest absolute Gasteiger partial charge is 0.347 e. The number of aromatic nitrogens is 3. The maximum Gasteiger partial charge on any atom is 0.137 e. The van der Waals surface area contributed by atoms with Gasteiger partial charge in [-0.1, -0.05) is 46.8 Å². The smallest absolute Gasteiger partial charge is 0.137 e. The van der Waals surface area contributed by atoms with Crippen LogP contribution in [0.2, 0.25) is 0 Å². The standard InChI is InChI=1S/C23H27N3/c1-22(2,3)18-7-6-8-20-16(18)11-14-26(20)15-23(4,5)19-10-13-25-21-17(19)9-12-24-21/h6-14H,15H2,1-5H3,(H,24,25). The van der Waals surface area contributed by atoms with E-state index in [1.165, 1.54) is 27.4 Å². The van der Waals surface area contributed by atoms with Gasteiger partial charge in [0.05, 0.1) is 0 Å². The van der Waals surface area contributed by atoms with Gasteiger partial charge >= 0.3 is 0 Å². The predicted molar refractivity (Wildman–Crippen MR) is 110 cm³/mol. The summed E-state index contributed by atoms with van der Waals surface area (Å²) >= 11 is 0. The first-order valence-corrected chi connectivity index (χ1v) is 9.28. The van der Waals surface area contributed by atoms with Gasteiger partial charge < -0.3 is 9.55 Å². The van der Waals surface area contributed by atoms with E-state index < -0.39 is 0 Å². The summed E-state index contributed by atoms with van der Waals surface area (Å²) in [7, 11) is 0. The number of aromatic amines is 1. The van der Waals surface area contributed by atoms with E-state index in [-0.39, 0.29) is 10.8 Å². The van der Waals surface area contributed by atoms with Crippen molar-refractivity contribution < 1.29 is 0 Å². The second-order valence-corrected chi connectivity index (χ2v) is 8.91. The molecule has 3 heteroatoms. The summed E-state index contributed by atoms with van der Waals surface area (Å²) in [5, 5.41) is 2.57. The Morgan fingerprint density at radius 2 is 1.73 bits per heavy atom. The molecule has 4 aromatic rings. The first-order valence-electron chi connectivity index (χ1n) is 9.28. The molecule has 1 N–H and O–H groups in total. The summed E-state index contributed by atoms with van der Waals surface area (Å²) in [6.45, 7) is 12.4. The lowest BCUT2D eigenvalue weighted by Gasteiger charge is -2.27. The molecule has 0 saturated heterocycles. The minimum absolute atomic E-state index is 0.00687. The molecule has 0 fully saturated rings. The van der Waals surface area contributed by atoms with E-state index in [2.05, 4.69) is 91.7 Å². The maximum absolute atomic E-state index is 4.44. The Labute approximate surface area is 155 Å². The van der Waals surface area contributed by atoms with Crippen molar-refractivity contribution in [2.75, 3.05) is 0 Å². The summed E-state index contributed by atoms with van der Waals surface area (Å²) in [6.07, 6.45) is 6.11. The van der Waals surface area contributed by atoms with Crippen LogP contribution in [0.15, 0.2) is 55.0 Å². The van der Waals surface area contributed by atoms with Gasteiger partial charge in [-0.05, 0) is 40.8 Å². The fraction of sp³-hybridized carbons (Fsp3) is 0.348. The summed E-state index contributed by atoms with van der Waals surface area (Å²) in [4.78, 5) is 7.67. The first kappa shape index (κ1) is 16.9. The lowest BCUT2D eigenvalue weighted by atomic mass is 9.83. The van der Waals surface area contributed by atoms with Gasteiger partial charge in [0.2, 0.25) is 0 Å². The zero-order chi connectivity index (χ0) is 18.5. The van der Waals surface area contributed by atoms with Crippen molar-refractivity contribution in [3.8, 4) is 0 Å². The normalized spacial score (nSPS) is 13.0. The quantitative estimate of drug-likeness (QED) is 0.501. The zero-order valence-electron chi connectivity index (χ0n) is 16.3. The van der Waals surface area contributed by atoms with Crippen molar-refractivity contribution in [2.24, 2.45) is 0 Å². The fourth-order valence-corrected chi connectivity index (χ4v) is 4.08. The molecule has 0 unspecified atom stereocenters. The van der Waals surface area contributed by atoms with Crippen molar-refractivity contribution in [1.82, 2.24) is 14.5 Å². The highest BCUT2D eigenvalue weighted by Gasteiger charge is 2.25. The Balaban J connectivity index is 1.79. The van der Waals surface area contributed by atoms with Crippen LogP contribution in [0.4, 0.5) is 0 Å². The van der Waals surface area contributed by atoms with Crippen molar-refractivity contribution in [3.63, 3.8) is 0 Å². The molecule has 0 aliphatic carbocycles. The Kier molecular flexibility index (Phi) is 3.72. The number of fused-ring (bicyclic) bond motifs is 2. The minimum atomic E-state index is -0.00687. The lowest BCUT2D eigenvalue weighted by Crippen LogP contribution is -2.24. The number of benzene rings is 1. The van der Waals surface area contributed by atoms with Gasteiger partial charge in [-0.25, -0.2) is 4.98 Å². The van der Waals surface area contributed by atoms with E-state index in [0.717, 1.165) is 12.2 Å². The molecule has 0 saturated carbocycles. The molecule has 0 aliphatic heterocycles. The molecule has 0 amide bonds. The summed E-state index contributed by atoms with van der Waals surface area (Å²) in [6, 6.07) is 13.2. The highest BCUT2D eigenvalue weighted by molar-refractivity contribution is 5.85. The molecule has 3 nitrogen and oxygen atoms in total. The average Bonchev–Trinajstić information content (AvgIpc) is 3.20. The zero-order valence-corrected chi connectivity index (χ0v) is 16.3. The van der Waals surface area contributed by atoms with Crippen LogP contribution in [-0.4, -0.2) is 14.5 Å². The Bertz CT molecular complexity index is 1070. The molecule has 0 bridgehead atoms. The molecule has 0 spiro atoms.